The maximum atomic E-state index is 12.4. The highest BCUT2D eigenvalue weighted by Crippen LogP contribution is 2.20. The summed E-state index contributed by atoms with van der Waals surface area (Å²) in [6.45, 7) is 8.61. The Labute approximate surface area is 126 Å². The monoisotopic (exact) mass is 294 g/mol. The van der Waals surface area contributed by atoms with Crippen LogP contribution in [0, 0.1) is 23.2 Å². The van der Waals surface area contributed by atoms with Crippen molar-refractivity contribution in [2.45, 2.75) is 52.1 Å². The molecule has 0 aromatic rings. The molecule has 6 heteroatoms. The van der Waals surface area contributed by atoms with Crippen LogP contribution in [0.15, 0.2) is 0 Å². The van der Waals surface area contributed by atoms with Crippen LogP contribution in [0.5, 0.6) is 0 Å². The fraction of sp³-hybridized carbons (Fsp3) is 0.800. The smallest absolute Gasteiger partial charge is 0.238 e. The summed E-state index contributed by atoms with van der Waals surface area (Å²) in [5, 5.41) is 12.1. The zero-order chi connectivity index (χ0) is 16.2. The molecule has 0 unspecified atom stereocenters. The summed E-state index contributed by atoms with van der Waals surface area (Å²) >= 11 is 0. The van der Waals surface area contributed by atoms with Crippen molar-refractivity contribution >= 4 is 11.8 Å². The molecule has 2 amide bonds. The van der Waals surface area contributed by atoms with Gasteiger partial charge in [0.2, 0.25) is 11.8 Å². The Morgan fingerprint density at radius 1 is 1.43 bits per heavy atom. The van der Waals surface area contributed by atoms with Crippen LogP contribution < -0.4 is 11.1 Å². The highest BCUT2D eigenvalue weighted by Gasteiger charge is 2.35. The van der Waals surface area contributed by atoms with Crippen LogP contribution in [-0.4, -0.2) is 41.4 Å². The van der Waals surface area contributed by atoms with Gasteiger partial charge in [-0.05, 0) is 39.2 Å². The maximum Gasteiger partial charge on any atom is 0.238 e. The van der Waals surface area contributed by atoms with E-state index in [0.717, 1.165) is 19.4 Å². The second kappa shape index (κ2) is 6.90. The van der Waals surface area contributed by atoms with Crippen molar-refractivity contribution in [1.29, 1.82) is 5.26 Å². The van der Waals surface area contributed by atoms with Gasteiger partial charge >= 0.3 is 0 Å². The Hall–Kier alpha value is -1.61. The van der Waals surface area contributed by atoms with Crippen LogP contribution in [0.25, 0.3) is 0 Å². The molecule has 3 atom stereocenters. The molecule has 3 N–H and O–H groups in total. The van der Waals surface area contributed by atoms with Gasteiger partial charge in [0.05, 0.1) is 18.0 Å². The van der Waals surface area contributed by atoms with Crippen LogP contribution >= 0.6 is 0 Å². The largest absolute Gasteiger partial charge is 0.369 e. The van der Waals surface area contributed by atoms with E-state index in [4.69, 9.17) is 5.73 Å². The molecular weight excluding hydrogens is 268 g/mol. The lowest BCUT2D eigenvalue weighted by Crippen LogP contribution is -2.56. The molecule has 1 aliphatic rings. The third-order valence-corrected chi connectivity index (χ3v) is 4.55. The van der Waals surface area contributed by atoms with Gasteiger partial charge < -0.3 is 11.1 Å². The van der Waals surface area contributed by atoms with E-state index in [-0.39, 0.29) is 29.7 Å². The van der Waals surface area contributed by atoms with E-state index < -0.39 is 5.54 Å². The Morgan fingerprint density at radius 2 is 2.05 bits per heavy atom. The highest BCUT2D eigenvalue weighted by atomic mass is 16.2. The summed E-state index contributed by atoms with van der Waals surface area (Å²) in [6, 6.07) is 1.79. The third kappa shape index (κ3) is 4.18. The minimum absolute atomic E-state index is 0.0124. The molecule has 0 radical (unpaired) electrons. The fourth-order valence-corrected chi connectivity index (χ4v) is 2.42. The first-order valence-electron chi connectivity index (χ1n) is 7.48. The number of rotatable bonds is 5. The molecule has 1 rings (SSSR count). The van der Waals surface area contributed by atoms with Gasteiger partial charge in [-0.3, -0.25) is 14.5 Å². The van der Waals surface area contributed by atoms with Crippen LogP contribution in [0.2, 0.25) is 0 Å². The second-order valence-electron chi connectivity index (χ2n) is 6.37. The van der Waals surface area contributed by atoms with E-state index >= 15 is 0 Å². The number of primary amides is 1. The average molecular weight is 294 g/mol. The number of amides is 2. The second-order valence-corrected chi connectivity index (χ2v) is 6.37. The van der Waals surface area contributed by atoms with Gasteiger partial charge in [0.25, 0.3) is 0 Å². The lowest BCUT2D eigenvalue weighted by atomic mass is 9.89. The number of hydrogen-bond acceptors (Lipinski definition) is 4. The zero-order valence-corrected chi connectivity index (χ0v) is 13.3. The zero-order valence-electron chi connectivity index (χ0n) is 13.3. The first-order chi connectivity index (χ1) is 9.71. The lowest BCUT2D eigenvalue weighted by Gasteiger charge is -2.36. The number of carbonyl (C=O) groups excluding carboxylic acids is 2. The molecule has 0 saturated carbocycles. The summed E-state index contributed by atoms with van der Waals surface area (Å²) in [5.74, 6) is -0.672. The van der Waals surface area contributed by atoms with Crippen LogP contribution in [-0.2, 0) is 9.59 Å². The van der Waals surface area contributed by atoms with Crippen LogP contribution in [0.3, 0.4) is 0 Å². The number of hydrogen-bond donors (Lipinski definition) is 2. The topological polar surface area (TPSA) is 99.2 Å². The molecule has 118 valence electrons. The van der Waals surface area contributed by atoms with E-state index in [1.54, 1.807) is 13.8 Å². The van der Waals surface area contributed by atoms with Gasteiger partial charge in [-0.1, -0.05) is 13.8 Å². The van der Waals surface area contributed by atoms with Crippen molar-refractivity contribution in [3.8, 4) is 6.07 Å². The summed E-state index contributed by atoms with van der Waals surface area (Å²) in [6.07, 6.45) is 1.63. The average Bonchev–Trinajstić information content (AvgIpc) is 2.46. The van der Waals surface area contributed by atoms with E-state index in [0.29, 0.717) is 6.54 Å². The molecule has 0 aromatic carbocycles. The molecule has 6 nitrogen and oxygen atoms in total. The summed E-state index contributed by atoms with van der Waals surface area (Å²) < 4.78 is 0. The molecule has 0 bridgehead atoms. The molecule has 21 heavy (non-hydrogen) atoms. The summed E-state index contributed by atoms with van der Waals surface area (Å²) in [5.41, 5.74) is 4.47. The summed E-state index contributed by atoms with van der Waals surface area (Å²) in [4.78, 5) is 25.7. The van der Waals surface area contributed by atoms with Gasteiger partial charge in [0.1, 0.15) is 5.54 Å². The van der Waals surface area contributed by atoms with E-state index in [9.17, 15) is 14.9 Å². The van der Waals surface area contributed by atoms with Gasteiger partial charge in [0.15, 0.2) is 0 Å². The van der Waals surface area contributed by atoms with Crippen molar-refractivity contribution in [2.24, 2.45) is 17.6 Å². The Bertz CT molecular complexity index is 443. The number of nitrogens with two attached hydrogens (primary N) is 1. The number of likely N-dealkylation sites (tertiary alicyclic amines) is 1. The maximum absolute atomic E-state index is 12.4. The molecule has 1 saturated heterocycles. The fourth-order valence-electron chi connectivity index (χ4n) is 2.42. The van der Waals surface area contributed by atoms with Crippen LogP contribution in [0.4, 0.5) is 0 Å². The van der Waals surface area contributed by atoms with Crippen molar-refractivity contribution in [2.75, 3.05) is 13.1 Å². The molecule has 1 aliphatic heterocycles. The predicted molar refractivity (Wildman–Crippen MR) is 80.0 cm³/mol. The number of piperidine rings is 1. The first-order valence-corrected chi connectivity index (χ1v) is 7.48. The van der Waals surface area contributed by atoms with Crippen molar-refractivity contribution in [1.82, 2.24) is 10.2 Å². The van der Waals surface area contributed by atoms with E-state index in [1.165, 1.54) is 0 Å². The normalized spacial score (nSPS) is 23.9. The SMILES string of the molecule is CC(C)[C@@](C)(C#N)NC(=O)[C@@H](C)N1CCC[C@H](C(N)=O)C1. The molecule has 0 aliphatic carbocycles. The lowest BCUT2D eigenvalue weighted by molar-refractivity contribution is -0.131. The molecule has 1 fully saturated rings. The Kier molecular flexibility index (Phi) is 5.73. The van der Waals surface area contributed by atoms with E-state index in [1.807, 2.05) is 18.7 Å². The highest BCUT2D eigenvalue weighted by molar-refractivity contribution is 5.83. The first kappa shape index (κ1) is 17.4. The van der Waals surface area contributed by atoms with Crippen molar-refractivity contribution < 1.29 is 9.59 Å². The molecule has 0 spiro atoms. The van der Waals surface area contributed by atoms with E-state index in [2.05, 4.69) is 11.4 Å². The molecule has 0 aromatic heterocycles. The number of carbonyl (C=O) groups is 2. The quantitative estimate of drug-likeness (QED) is 0.776. The third-order valence-electron chi connectivity index (χ3n) is 4.55. The number of nitrogens with one attached hydrogen (secondary N) is 1. The number of nitrogens with zero attached hydrogens (tertiary/aromatic N) is 2. The van der Waals surface area contributed by atoms with Gasteiger partial charge in [0, 0.05) is 6.54 Å². The van der Waals surface area contributed by atoms with Gasteiger partial charge in [-0.25, -0.2) is 0 Å². The summed E-state index contributed by atoms with van der Waals surface area (Å²) in [7, 11) is 0. The van der Waals surface area contributed by atoms with Crippen molar-refractivity contribution in [3.05, 3.63) is 0 Å². The molecule has 1 heterocycles. The Balaban J connectivity index is 2.70. The number of nitriles is 1. The van der Waals surface area contributed by atoms with Gasteiger partial charge in [-0.15, -0.1) is 0 Å². The minimum Gasteiger partial charge on any atom is -0.369 e. The minimum atomic E-state index is -0.885. The Morgan fingerprint density at radius 3 is 2.52 bits per heavy atom. The molecular formula is C15H26N4O2. The van der Waals surface area contributed by atoms with Crippen molar-refractivity contribution in [3.63, 3.8) is 0 Å². The standard InChI is InChI=1S/C15H26N4O2/c1-10(2)15(4,9-16)18-14(21)11(3)19-7-5-6-12(8-19)13(17)20/h10-12H,5-8H2,1-4H3,(H2,17,20)(H,18,21)/t11-,12+,15-/m1/s1. The van der Waals surface area contributed by atoms with Crippen LogP contribution in [0.1, 0.15) is 40.5 Å². The van der Waals surface area contributed by atoms with Gasteiger partial charge in [-0.2, -0.15) is 5.26 Å². The predicted octanol–water partition coefficient (Wildman–Crippen LogP) is 0.627.